The van der Waals surface area contributed by atoms with Gasteiger partial charge in [0.1, 0.15) is 0 Å². The number of carbonyl (C=O) groups excluding carboxylic acids is 2. The van der Waals surface area contributed by atoms with Gasteiger partial charge in [0.2, 0.25) is 11.8 Å². The van der Waals surface area contributed by atoms with Crippen molar-refractivity contribution < 1.29 is 35.5 Å². The van der Waals surface area contributed by atoms with Gasteiger partial charge in [-0.2, -0.15) is 0 Å². The van der Waals surface area contributed by atoms with Crippen LogP contribution >= 0.6 is 0 Å². The van der Waals surface area contributed by atoms with E-state index < -0.39 is 31.7 Å². The van der Waals surface area contributed by atoms with Crippen molar-refractivity contribution in [1.29, 1.82) is 0 Å². The molecule has 0 bridgehead atoms. The molecule has 0 aromatic heterocycles. The molecule has 2 amide bonds. The monoisotopic (exact) mass is 708 g/mol. The van der Waals surface area contributed by atoms with Crippen LogP contribution in [-0.4, -0.2) is 124 Å². The molecule has 0 aromatic carbocycles. The minimum Gasteiger partial charge on any atom is -0.748 e. The molecule has 45 heavy (non-hydrogen) atoms. The third kappa shape index (κ3) is 40.1. The number of hydrogen-bond acceptors (Lipinski definition) is 8. The van der Waals surface area contributed by atoms with Crippen LogP contribution in [0.4, 0.5) is 0 Å². The molecule has 0 unspecified atom stereocenters. The van der Waals surface area contributed by atoms with Crippen LogP contribution in [-0.2, 0) is 29.8 Å². The Kier molecular flexibility index (Phi) is 35.8. The number of rotatable bonds is 28. The maximum Gasteiger partial charge on any atom is 2.00 e. The Hall–Kier alpha value is 0.0197. The van der Waals surface area contributed by atoms with Gasteiger partial charge in [-0.3, -0.25) is 9.59 Å². The average Bonchev–Trinajstić information content (AvgIpc) is 2.95. The summed E-state index contributed by atoms with van der Waals surface area (Å²) < 4.78 is 63.1. The van der Waals surface area contributed by atoms with E-state index in [1.807, 2.05) is 0 Å². The smallest absolute Gasteiger partial charge is 0.748 e. The van der Waals surface area contributed by atoms with Crippen LogP contribution in [0.2, 0.25) is 0 Å². The number of carbonyl (C=O) groups is 2. The summed E-state index contributed by atoms with van der Waals surface area (Å²) in [6.45, 7) is 4.42. The molecule has 13 heteroatoms. The number of nitrogens with zero attached hydrogens (tertiary/aromatic N) is 2. The minimum absolute atomic E-state index is 0. The van der Waals surface area contributed by atoms with Gasteiger partial charge < -0.3 is 18.9 Å². The molecule has 0 aliphatic rings. The fourth-order valence-corrected chi connectivity index (χ4v) is 5.65. The molecule has 0 aromatic rings. The van der Waals surface area contributed by atoms with Crippen molar-refractivity contribution in [2.24, 2.45) is 0 Å². The average molecular weight is 709 g/mol. The summed E-state index contributed by atoms with van der Waals surface area (Å²) >= 11 is 0. The zero-order valence-electron chi connectivity index (χ0n) is 29.1. The number of unbranched alkanes of at least 4 members (excludes halogenated alkanes) is 18. The van der Waals surface area contributed by atoms with Gasteiger partial charge in [0, 0.05) is 40.0 Å². The summed E-state index contributed by atoms with van der Waals surface area (Å²) in [6, 6.07) is 0. The predicted octanol–water partition coefficient (Wildman–Crippen LogP) is 6.22. The van der Waals surface area contributed by atoms with Crippen LogP contribution in [0.15, 0.2) is 0 Å². The van der Waals surface area contributed by atoms with Gasteiger partial charge in [-0.15, -0.1) is 0 Å². The first-order valence-corrected chi connectivity index (χ1v) is 20.2. The first-order valence-electron chi connectivity index (χ1n) is 17.1. The predicted molar refractivity (Wildman–Crippen MR) is 183 cm³/mol. The molecule has 10 nitrogen and oxygen atoms in total. The van der Waals surface area contributed by atoms with Crippen molar-refractivity contribution in [3.05, 3.63) is 0 Å². The molecule has 0 heterocycles. The summed E-state index contributed by atoms with van der Waals surface area (Å²) in [5, 5.41) is 0. The fourth-order valence-electron chi connectivity index (χ4n) is 4.66. The molecule has 0 atom stereocenters. The van der Waals surface area contributed by atoms with Gasteiger partial charge >= 0.3 is 37.7 Å². The molecular formula is C32H64CaN2O8S2. The Bertz CT molecular complexity index is 844. The number of amides is 2. The van der Waals surface area contributed by atoms with Gasteiger partial charge in [0.15, 0.2) is 0 Å². The summed E-state index contributed by atoms with van der Waals surface area (Å²) in [7, 11) is -5.39. The molecular weight excluding hydrogens is 645 g/mol. The van der Waals surface area contributed by atoms with Crippen molar-refractivity contribution >= 4 is 69.8 Å². The zero-order chi connectivity index (χ0) is 33.7. The van der Waals surface area contributed by atoms with E-state index >= 15 is 0 Å². The van der Waals surface area contributed by atoms with Crippen LogP contribution in [0.3, 0.4) is 0 Å². The van der Waals surface area contributed by atoms with Crippen LogP contribution in [0, 0.1) is 0 Å². The molecule has 264 valence electrons. The molecule has 0 saturated carbocycles. The van der Waals surface area contributed by atoms with Crippen molar-refractivity contribution in [2.45, 2.75) is 155 Å². The van der Waals surface area contributed by atoms with E-state index in [2.05, 4.69) is 13.8 Å². The van der Waals surface area contributed by atoms with E-state index in [0.717, 1.165) is 38.5 Å². The van der Waals surface area contributed by atoms with Gasteiger partial charge in [0.05, 0.1) is 31.7 Å². The van der Waals surface area contributed by atoms with Crippen molar-refractivity contribution in [1.82, 2.24) is 9.80 Å². The molecule has 0 N–H and O–H groups in total. The normalized spacial score (nSPS) is 11.3. The maximum absolute atomic E-state index is 11.7. The largest absolute Gasteiger partial charge is 2.00 e. The van der Waals surface area contributed by atoms with E-state index in [-0.39, 0.29) is 62.6 Å². The second-order valence-electron chi connectivity index (χ2n) is 12.0. The van der Waals surface area contributed by atoms with E-state index in [9.17, 15) is 35.5 Å². The third-order valence-electron chi connectivity index (χ3n) is 7.69. The van der Waals surface area contributed by atoms with Crippen LogP contribution in [0.1, 0.15) is 155 Å². The fraction of sp³-hybridized carbons (Fsp3) is 0.938. The topological polar surface area (TPSA) is 155 Å². The van der Waals surface area contributed by atoms with Crippen LogP contribution < -0.4 is 0 Å². The van der Waals surface area contributed by atoms with Crippen LogP contribution in [0.5, 0.6) is 0 Å². The maximum atomic E-state index is 11.7. The van der Waals surface area contributed by atoms with Crippen molar-refractivity contribution in [2.75, 3.05) is 38.7 Å². The van der Waals surface area contributed by atoms with E-state index in [1.54, 1.807) is 14.1 Å². The van der Waals surface area contributed by atoms with Gasteiger partial charge in [0.25, 0.3) is 0 Å². The molecule has 0 radical (unpaired) electrons. The third-order valence-corrected chi connectivity index (χ3v) is 9.06. The standard InChI is InChI=1S/2C16H33NO4S.Ca/c2*1-3-4-5-6-7-8-9-10-11-12-13-16(18)17(2)14-15-22(19,20)21;/h2*3-15H2,1-2H3,(H,19,20,21);/q;;+2/p-2. The Morgan fingerprint density at radius 1 is 0.467 bits per heavy atom. The van der Waals surface area contributed by atoms with Crippen molar-refractivity contribution in [3.63, 3.8) is 0 Å². The molecule has 0 aliphatic heterocycles. The molecule has 0 saturated heterocycles. The van der Waals surface area contributed by atoms with E-state index in [1.165, 1.54) is 99.7 Å². The Labute approximate surface area is 306 Å². The second-order valence-corrected chi connectivity index (χ2v) is 15.1. The Morgan fingerprint density at radius 3 is 0.911 bits per heavy atom. The zero-order valence-corrected chi connectivity index (χ0v) is 32.9. The van der Waals surface area contributed by atoms with E-state index in [0.29, 0.717) is 12.8 Å². The quantitative estimate of drug-likeness (QED) is 0.0527. The van der Waals surface area contributed by atoms with Gasteiger partial charge in [-0.25, -0.2) is 16.8 Å². The Morgan fingerprint density at radius 2 is 0.689 bits per heavy atom. The van der Waals surface area contributed by atoms with Crippen LogP contribution in [0.25, 0.3) is 0 Å². The summed E-state index contributed by atoms with van der Waals surface area (Å²) in [5.74, 6) is -1.17. The van der Waals surface area contributed by atoms with Crippen molar-refractivity contribution in [3.8, 4) is 0 Å². The summed E-state index contributed by atoms with van der Waals surface area (Å²) in [6.07, 6.45) is 25.1. The minimum atomic E-state index is -4.24. The SMILES string of the molecule is CCCCCCCCCCCCC(=O)N(C)CCS(=O)(=O)[O-].CCCCCCCCCCCCC(=O)N(C)CCS(=O)(=O)[O-].[Ca+2]. The molecule has 0 fully saturated rings. The van der Waals surface area contributed by atoms with Gasteiger partial charge in [-0.1, -0.05) is 129 Å². The summed E-state index contributed by atoms with van der Waals surface area (Å²) in [5.41, 5.74) is 0. The first-order chi connectivity index (χ1) is 20.7. The molecule has 0 aliphatic carbocycles. The second kappa shape index (κ2) is 32.6. The summed E-state index contributed by atoms with van der Waals surface area (Å²) in [4.78, 5) is 26.1. The van der Waals surface area contributed by atoms with Gasteiger partial charge in [-0.05, 0) is 12.8 Å². The Balaban J connectivity index is -0.000000767. The molecule has 0 spiro atoms. The first kappa shape index (κ1) is 49.4. The van der Waals surface area contributed by atoms with E-state index in [4.69, 9.17) is 0 Å². The molecule has 0 rings (SSSR count). The number of hydrogen-bond donors (Lipinski definition) is 0.